The van der Waals surface area contributed by atoms with Crippen molar-refractivity contribution in [3.8, 4) is 0 Å². The predicted octanol–water partition coefficient (Wildman–Crippen LogP) is 4.39. The van der Waals surface area contributed by atoms with Crippen LogP contribution in [0, 0.1) is 0 Å². The number of benzene rings is 1. The van der Waals surface area contributed by atoms with Gasteiger partial charge in [0.15, 0.2) is 0 Å². The first-order chi connectivity index (χ1) is 10.4. The van der Waals surface area contributed by atoms with Crippen molar-refractivity contribution in [3.05, 3.63) is 35.6 Å². The lowest BCUT2D eigenvalue weighted by molar-refractivity contribution is 0.103. The van der Waals surface area contributed by atoms with Gasteiger partial charge in [0.1, 0.15) is 18.0 Å². The van der Waals surface area contributed by atoms with E-state index in [1.807, 2.05) is 12.1 Å². The van der Waals surface area contributed by atoms with E-state index in [1.54, 1.807) is 0 Å². The third kappa shape index (κ3) is 3.86. The van der Waals surface area contributed by atoms with E-state index in [2.05, 4.69) is 24.4 Å². The van der Waals surface area contributed by atoms with Gasteiger partial charge in [0, 0.05) is 30.1 Å². The molecule has 0 spiro atoms. The van der Waals surface area contributed by atoms with Crippen LogP contribution in [0.4, 0.5) is 0 Å². The normalized spacial score (nSPS) is 14.9. The molecule has 0 atom stereocenters. The molecule has 0 aliphatic heterocycles. The lowest BCUT2D eigenvalue weighted by atomic mass is 10.1. The van der Waals surface area contributed by atoms with Gasteiger partial charge in [0.25, 0.3) is 0 Å². The lowest BCUT2D eigenvalue weighted by Crippen LogP contribution is -2.16. The highest BCUT2D eigenvalue weighted by molar-refractivity contribution is 5.82. The number of hydrogen-bond acceptors (Lipinski definition) is 3. The minimum atomic E-state index is 0.583. The number of unbranched alkanes of at least 4 members (excludes halogenated alkanes) is 2. The summed E-state index contributed by atoms with van der Waals surface area (Å²) in [5.74, 6) is 0.987. The van der Waals surface area contributed by atoms with Crippen LogP contribution < -0.4 is 5.32 Å². The number of rotatable bonds is 9. The van der Waals surface area contributed by atoms with Gasteiger partial charge < -0.3 is 14.5 Å². The Morgan fingerprint density at radius 2 is 2.10 bits per heavy atom. The maximum absolute atomic E-state index is 5.99. The Morgan fingerprint density at radius 3 is 2.90 bits per heavy atom. The van der Waals surface area contributed by atoms with Gasteiger partial charge in [0.2, 0.25) is 0 Å². The summed E-state index contributed by atoms with van der Waals surface area (Å²) >= 11 is 0. The highest BCUT2D eigenvalue weighted by Crippen LogP contribution is 2.28. The van der Waals surface area contributed by atoms with Crippen LogP contribution in [-0.4, -0.2) is 12.6 Å². The van der Waals surface area contributed by atoms with E-state index in [0.29, 0.717) is 12.6 Å². The van der Waals surface area contributed by atoms with Crippen LogP contribution in [0.15, 0.2) is 28.7 Å². The van der Waals surface area contributed by atoms with Gasteiger partial charge in [-0.2, -0.15) is 0 Å². The molecule has 1 N–H and O–H groups in total. The summed E-state index contributed by atoms with van der Waals surface area (Å²) in [6, 6.07) is 8.98. The Bertz CT molecular complexity index is 572. The molecule has 1 aliphatic rings. The molecule has 1 aliphatic carbocycles. The van der Waals surface area contributed by atoms with Crippen LogP contribution in [0.3, 0.4) is 0 Å². The van der Waals surface area contributed by atoms with Crippen molar-refractivity contribution in [2.24, 2.45) is 0 Å². The number of fused-ring (bicyclic) bond motifs is 1. The van der Waals surface area contributed by atoms with Crippen LogP contribution >= 0.6 is 0 Å². The first kappa shape index (κ1) is 14.6. The van der Waals surface area contributed by atoms with Crippen molar-refractivity contribution >= 4 is 11.0 Å². The maximum atomic E-state index is 5.99. The smallest absolute Gasteiger partial charge is 0.135 e. The van der Waals surface area contributed by atoms with E-state index in [1.165, 1.54) is 36.6 Å². The molecule has 21 heavy (non-hydrogen) atoms. The average Bonchev–Trinajstić information content (AvgIpc) is 3.26. The quantitative estimate of drug-likeness (QED) is 0.694. The zero-order valence-corrected chi connectivity index (χ0v) is 12.9. The molecule has 1 aromatic carbocycles. The van der Waals surface area contributed by atoms with Gasteiger partial charge >= 0.3 is 0 Å². The highest BCUT2D eigenvalue weighted by Gasteiger charge is 2.22. The monoisotopic (exact) mass is 287 g/mol. The van der Waals surface area contributed by atoms with Crippen molar-refractivity contribution in [3.63, 3.8) is 0 Å². The summed E-state index contributed by atoms with van der Waals surface area (Å²) in [7, 11) is 0. The largest absolute Gasteiger partial charge is 0.458 e. The molecule has 1 heterocycles. The Balaban J connectivity index is 1.67. The molecular weight excluding hydrogens is 262 g/mol. The van der Waals surface area contributed by atoms with Gasteiger partial charge in [0.05, 0.1) is 0 Å². The third-order valence-electron chi connectivity index (χ3n) is 4.05. The SMILES string of the molecule is CCCCCOCc1oc2ccccc2c1CNC1CC1. The summed E-state index contributed by atoms with van der Waals surface area (Å²) in [5.41, 5.74) is 2.24. The molecular formula is C18H25NO2. The fourth-order valence-electron chi connectivity index (χ4n) is 2.61. The van der Waals surface area contributed by atoms with E-state index in [-0.39, 0.29) is 0 Å². The molecule has 2 aromatic rings. The second-order valence-corrected chi connectivity index (χ2v) is 5.91. The van der Waals surface area contributed by atoms with Gasteiger partial charge in [-0.15, -0.1) is 0 Å². The third-order valence-corrected chi connectivity index (χ3v) is 4.05. The van der Waals surface area contributed by atoms with Crippen molar-refractivity contribution in [2.75, 3.05) is 6.61 Å². The first-order valence-electron chi connectivity index (χ1n) is 8.19. The Morgan fingerprint density at radius 1 is 1.24 bits per heavy atom. The van der Waals surface area contributed by atoms with E-state index < -0.39 is 0 Å². The molecule has 3 nitrogen and oxygen atoms in total. The molecule has 1 saturated carbocycles. The van der Waals surface area contributed by atoms with E-state index >= 15 is 0 Å². The van der Waals surface area contributed by atoms with Gasteiger partial charge in [-0.05, 0) is 25.3 Å². The summed E-state index contributed by atoms with van der Waals surface area (Å²) in [6.45, 7) is 4.50. The standard InChI is InChI=1S/C18H25NO2/c1-2-3-6-11-20-13-18-16(12-19-14-9-10-14)15-7-4-5-8-17(15)21-18/h4-5,7-8,14,19H,2-3,6,9-13H2,1H3. The van der Waals surface area contributed by atoms with Crippen LogP contribution in [0.2, 0.25) is 0 Å². The van der Waals surface area contributed by atoms with Crippen molar-refractivity contribution in [1.82, 2.24) is 5.32 Å². The molecule has 3 heteroatoms. The molecule has 1 fully saturated rings. The number of hydrogen-bond donors (Lipinski definition) is 1. The second-order valence-electron chi connectivity index (χ2n) is 5.91. The summed E-state index contributed by atoms with van der Waals surface area (Å²) in [6.07, 6.45) is 6.20. The maximum Gasteiger partial charge on any atom is 0.135 e. The Kier molecular flexibility index (Phi) is 4.94. The summed E-state index contributed by atoms with van der Waals surface area (Å²) in [4.78, 5) is 0. The lowest BCUT2D eigenvalue weighted by Gasteiger charge is -2.06. The van der Waals surface area contributed by atoms with Crippen molar-refractivity contribution in [1.29, 1.82) is 0 Å². The van der Waals surface area contributed by atoms with Crippen LogP contribution in [0.5, 0.6) is 0 Å². The summed E-state index contributed by atoms with van der Waals surface area (Å²) < 4.78 is 11.8. The molecule has 0 radical (unpaired) electrons. The van der Waals surface area contributed by atoms with Crippen molar-refractivity contribution < 1.29 is 9.15 Å². The molecule has 0 saturated heterocycles. The Hall–Kier alpha value is -1.32. The van der Waals surface area contributed by atoms with Crippen LogP contribution in [0.1, 0.15) is 50.4 Å². The number of ether oxygens (including phenoxy) is 1. The number of furan rings is 1. The van der Waals surface area contributed by atoms with Crippen LogP contribution in [-0.2, 0) is 17.9 Å². The molecule has 114 valence electrons. The number of para-hydroxylation sites is 1. The van der Waals surface area contributed by atoms with Gasteiger partial charge in [-0.1, -0.05) is 38.0 Å². The van der Waals surface area contributed by atoms with Gasteiger partial charge in [-0.3, -0.25) is 0 Å². The minimum absolute atomic E-state index is 0.583. The molecule has 3 rings (SSSR count). The van der Waals surface area contributed by atoms with E-state index in [9.17, 15) is 0 Å². The average molecular weight is 287 g/mol. The summed E-state index contributed by atoms with van der Waals surface area (Å²) in [5, 5.41) is 4.81. The molecule has 1 aromatic heterocycles. The zero-order valence-electron chi connectivity index (χ0n) is 12.9. The zero-order chi connectivity index (χ0) is 14.5. The van der Waals surface area contributed by atoms with E-state index in [0.717, 1.165) is 30.9 Å². The highest BCUT2D eigenvalue weighted by atomic mass is 16.5. The predicted molar refractivity (Wildman–Crippen MR) is 85.3 cm³/mol. The van der Waals surface area contributed by atoms with E-state index in [4.69, 9.17) is 9.15 Å². The number of nitrogens with one attached hydrogen (secondary N) is 1. The second kappa shape index (κ2) is 7.10. The minimum Gasteiger partial charge on any atom is -0.458 e. The fourth-order valence-corrected chi connectivity index (χ4v) is 2.61. The molecule has 0 amide bonds. The molecule has 0 bridgehead atoms. The van der Waals surface area contributed by atoms with Gasteiger partial charge in [-0.25, -0.2) is 0 Å². The Labute approximate surface area is 126 Å². The van der Waals surface area contributed by atoms with Crippen LogP contribution in [0.25, 0.3) is 11.0 Å². The first-order valence-corrected chi connectivity index (χ1v) is 8.19. The fraction of sp³-hybridized carbons (Fsp3) is 0.556. The topological polar surface area (TPSA) is 34.4 Å². The van der Waals surface area contributed by atoms with Crippen molar-refractivity contribution in [2.45, 2.75) is 58.2 Å². The molecule has 0 unspecified atom stereocenters.